The molecule has 0 aromatic heterocycles. The van der Waals surface area contributed by atoms with E-state index in [2.05, 4.69) is 4.90 Å². The van der Waals surface area contributed by atoms with Crippen LogP contribution in [0, 0.1) is 0 Å². The summed E-state index contributed by atoms with van der Waals surface area (Å²) in [7, 11) is 0.0708. The molecule has 0 N–H and O–H groups in total. The van der Waals surface area contributed by atoms with Crippen molar-refractivity contribution in [2.75, 3.05) is 38.8 Å². The molecule has 138 valence electrons. The number of carbonyl (C=O) groups excluding carboxylic acids is 1. The van der Waals surface area contributed by atoms with E-state index in [1.807, 2.05) is 12.1 Å². The van der Waals surface area contributed by atoms with Gasteiger partial charge in [0, 0.05) is 38.7 Å². The van der Waals surface area contributed by atoms with E-state index in [4.69, 9.17) is 9.47 Å². The van der Waals surface area contributed by atoms with Crippen LogP contribution in [0.1, 0.15) is 12.5 Å². The Balaban J connectivity index is 1.85. The molecule has 2 saturated heterocycles. The molecule has 2 fully saturated rings. The number of methoxy groups -OCH3 is 2. The molecular formula is C17H24N2O5S. The topological polar surface area (TPSA) is 76.2 Å². The molecule has 2 heterocycles. The molecule has 8 heteroatoms. The highest BCUT2D eigenvalue weighted by Crippen LogP contribution is 2.30. The van der Waals surface area contributed by atoms with Gasteiger partial charge in [-0.05, 0) is 17.7 Å². The van der Waals surface area contributed by atoms with Crippen molar-refractivity contribution in [2.45, 2.75) is 25.6 Å². The minimum Gasteiger partial charge on any atom is -0.497 e. The highest BCUT2D eigenvalue weighted by Gasteiger charge is 2.47. The second-order valence-electron chi connectivity index (χ2n) is 6.62. The Kier molecular flexibility index (Phi) is 4.92. The largest absolute Gasteiger partial charge is 0.497 e. The van der Waals surface area contributed by atoms with Crippen LogP contribution in [-0.4, -0.2) is 75.0 Å². The van der Waals surface area contributed by atoms with Gasteiger partial charge in [0.25, 0.3) is 0 Å². The highest BCUT2D eigenvalue weighted by atomic mass is 32.2. The van der Waals surface area contributed by atoms with Crippen LogP contribution in [-0.2, 0) is 21.2 Å². The molecule has 0 spiro atoms. The third-order valence-electron chi connectivity index (χ3n) is 4.99. The molecule has 1 aromatic carbocycles. The molecule has 0 bridgehead atoms. The summed E-state index contributed by atoms with van der Waals surface area (Å²) < 4.78 is 34.9. The van der Waals surface area contributed by atoms with Crippen molar-refractivity contribution >= 4 is 15.7 Å². The van der Waals surface area contributed by atoms with Crippen molar-refractivity contribution in [3.05, 3.63) is 23.8 Å². The number of fused-ring (bicyclic) bond motifs is 1. The van der Waals surface area contributed by atoms with Crippen molar-refractivity contribution < 1.29 is 22.7 Å². The lowest BCUT2D eigenvalue weighted by molar-refractivity contribution is -0.134. The lowest BCUT2D eigenvalue weighted by Crippen LogP contribution is -2.59. The summed E-state index contributed by atoms with van der Waals surface area (Å²) in [5, 5.41) is 0. The molecule has 2 aliphatic rings. The van der Waals surface area contributed by atoms with Crippen LogP contribution in [0.5, 0.6) is 11.5 Å². The lowest BCUT2D eigenvalue weighted by Gasteiger charge is -2.43. The first-order chi connectivity index (χ1) is 11.8. The first-order valence-corrected chi connectivity index (χ1v) is 10.1. The minimum absolute atomic E-state index is 0.0508. The minimum atomic E-state index is -3.13. The van der Waals surface area contributed by atoms with Gasteiger partial charge in [-0.25, -0.2) is 8.42 Å². The van der Waals surface area contributed by atoms with E-state index in [9.17, 15) is 13.2 Å². The maximum Gasteiger partial charge on any atom is 0.219 e. The molecule has 0 radical (unpaired) electrons. The zero-order valence-corrected chi connectivity index (χ0v) is 15.6. The van der Waals surface area contributed by atoms with Gasteiger partial charge in [-0.3, -0.25) is 9.69 Å². The summed E-state index contributed by atoms with van der Waals surface area (Å²) in [6.45, 7) is 3.30. The van der Waals surface area contributed by atoms with Crippen molar-refractivity contribution in [2.24, 2.45) is 0 Å². The molecule has 1 aromatic rings. The van der Waals surface area contributed by atoms with E-state index in [0.29, 0.717) is 31.1 Å². The van der Waals surface area contributed by atoms with E-state index in [1.54, 1.807) is 25.2 Å². The lowest BCUT2D eigenvalue weighted by atomic mass is 10.0. The van der Waals surface area contributed by atoms with Gasteiger partial charge in [0.2, 0.25) is 5.91 Å². The molecular weight excluding hydrogens is 344 g/mol. The van der Waals surface area contributed by atoms with Crippen LogP contribution in [0.2, 0.25) is 0 Å². The summed E-state index contributed by atoms with van der Waals surface area (Å²) in [6.07, 6.45) is 0. The highest BCUT2D eigenvalue weighted by molar-refractivity contribution is 7.91. The number of amides is 1. The number of hydrogen-bond acceptors (Lipinski definition) is 6. The van der Waals surface area contributed by atoms with Crippen LogP contribution in [0.25, 0.3) is 0 Å². The van der Waals surface area contributed by atoms with Gasteiger partial charge in [0.05, 0.1) is 31.8 Å². The number of ether oxygens (including phenoxy) is 2. The molecule has 0 unspecified atom stereocenters. The zero-order valence-electron chi connectivity index (χ0n) is 14.8. The Morgan fingerprint density at radius 3 is 2.24 bits per heavy atom. The fourth-order valence-electron chi connectivity index (χ4n) is 3.80. The van der Waals surface area contributed by atoms with Gasteiger partial charge >= 0.3 is 0 Å². The van der Waals surface area contributed by atoms with Crippen molar-refractivity contribution in [1.82, 2.24) is 9.80 Å². The second-order valence-corrected chi connectivity index (χ2v) is 8.77. The predicted molar refractivity (Wildman–Crippen MR) is 93.6 cm³/mol. The van der Waals surface area contributed by atoms with Gasteiger partial charge in [-0.2, -0.15) is 0 Å². The van der Waals surface area contributed by atoms with Gasteiger partial charge in [-0.15, -0.1) is 0 Å². The van der Waals surface area contributed by atoms with E-state index in [-0.39, 0.29) is 29.5 Å². The van der Waals surface area contributed by atoms with Crippen molar-refractivity contribution in [3.8, 4) is 11.5 Å². The number of sulfone groups is 1. The molecule has 2 aliphatic heterocycles. The maximum atomic E-state index is 12.2. The number of benzene rings is 1. The van der Waals surface area contributed by atoms with Crippen LogP contribution < -0.4 is 9.47 Å². The van der Waals surface area contributed by atoms with E-state index in [0.717, 1.165) is 5.56 Å². The van der Waals surface area contributed by atoms with E-state index in [1.165, 1.54) is 6.92 Å². The van der Waals surface area contributed by atoms with Gasteiger partial charge in [0.1, 0.15) is 11.5 Å². The first kappa shape index (κ1) is 18.0. The number of carbonyl (C=O) groups is 1. The molecule has 25 heavy (non-hydrogen) atoms. The number of nitrogens with zero attached hydrogens (tertiary/aromatic N) is 2. The fourth-order valence-corrected chi connectivity index (χ4v) is 5.82. The Hall–Kier alpha value is -1.80. The summed E-state index contributed by atoms with van der Waals surface area (Å²) in [5.74, 6) is 1.49. The Labute approximate surface area is 148 Å². The molecule has 7 nitrogen and oxygen atoms in total. The van der Waals surface area contributed by atoms with E-state index >= 15 is 0 Å². The summed E-state index contributed by atoms with van der Waals surface area (Å²) in [5.41, 5.74) is 0.996. The predicted octanol–water partition coefficient (Wildman–Crippen LogP) is 0.534. The Morgan fingerprint density at radius 2 is 1.68 bits per heavy atom. The zero-order chi connectivity index (χ0) is 18.2. The fraction of sp³-hybridized carbons (Fsp3) is 0.588. The monoisotopic (exact) mass is 368 g/mol. The average molecular weight is 368 g/mol. The van der Waals surface area contributed by atoms with Crippen LogP contribution >= 0.6 is 0 Å². The summed E-state index contributed by atoms with van der Waals surface area (Å²) in [4.78, 5) is 15.7. The van der Waals surface area contributed by atoms with Gasteiger partial charge in [0.15, 0.2) is 9.84 Å². The van der Waals surface area contributed by atoms with Crippen LogP contribution in [0.4, 0.5) is 0 Å². The average Bonchev–Trinajstić information content (AvgIpc) is 2.89. The smallest absolute Gasteiger partial charge is 0.219 e. The summed E-state index contributed by atoms with van der Waals surface area (Å²) >= 11 is 0. The molecule has 0 saturated carbocycles. The van der Waals surface area contributed by atoms with Crippen LogP contribution in [0.3, 0.4) is 0 Å². The van der Waals surface area contributed by atoms with E-state index < -0.39 is 9.84 Å². The van der Waals surface area contributed by atoms with Crippen LogP contribution in [0.15, 0.2) is 18.2 Å². The number of rotatable bonds is 4. The standard InChI is InChI=1S/C17H24N2O5S/c1-12(20)19-5-4-18(16-10-25(21,22)11-17(16)19)9-13-6-14(23-2)8-15(7-13)24-3/h6-8,16-17H,4-5,9-11H2,1-3H3/t16-,17+/m0/s1. The molecule has 1 amide bonds. The third-order valence-corrected chi connectivity index (χ3v) is 6.69. The molecule has 3 rings (SSSR count). The maximum absolute atomic E-state index is 12.2. The third kappa shape index (κ3) is 3.74. The number of piperazine rings is 1. The van der Waals surface area contributed by atoms with Crippen molar-refractivity contribution in [1.29, 1.82) is 0 Å². The second kappa shape index (κ2) is 6.84. The molecule has 0 aliphatic carbocycles. The summed E-state index contributed by atoms with van der Waals surface area (Å²) in [6, 6.07) is 5.24. The molecule has 2 atom stereocenters. The van der Waals surface area contributed by atoms with Gasteiger partial charge < -0.3 is 14.4 Å². The normalized spacial score (nSPS) is 25.5. The Bertz CT molecular complexity index is 742. The Morgan fingerprint density at radius 1 is 1.08 bits per heavy atom. The quantitative estimate of drug-likeness (QED) is 0.772. The van der Waals surface area contributed by atoms with Crippen molar-refractivity contribution in [3.63, 3.8) is 0 Å². The SMILES string of the molecule is COc1cc(CN2CCN(C(C)=O)[C@@H]3CS(=O)(=O)C[C@@H]32)cc(OC)c1. The number of hydrogen-bond donors (Lipinski definition) is 0. The van der Waals surface area contributed by atoms with Gasteiger partial charge in [-0.1, -0.05) is 0 Å². The first-order valence-electron chi connectivity index (χ1n) is 8.26.